The van der Waals surface area contributed by atoms with Crippen LogP contribution in [0.2, 0.25) is 0 Å². The maximum Gasteiger partial charge on any atom is 0.255 e. The molecule has 5 rings (SSSR count). The van der Waals surface area contributed by atoms with E-state index in [4.69, 9.17) is 4.42 Å². The van der Waals surface area contributed by atoms with Crippen LogP contribution in [0.4, 0.5) is 4.39 Å². The Morgan fingerprint density at radius 2 is 1.79 bits per heavy atom. The number of fused-ring (bicyclic) bond motifs is 1. The summed E-state index contributed by atoms with van der Waals surface area (Å²) in [5, 5.41) is 15.8. The zero-order valence-electron chi connectivity index (χ0n) is 20.5. The Hall–Kier alpha value is -4.76. The Labute approximate surface area is 217 Å². The molecule has 2 amide bonds. The second-order valence-electron chi connectivity index (χ2n) is 8.82. The molecule has 2 heterocycles. The summed E-state index contributed by atoms with van der Waals surface area (Å²) in [5.74, 6) is -0.693. The molecule has 9 heteroatoms. The first-order chi connectivity index (χ1) is 18.5. The van der Waals surface area contributed by atoms with Crippen molar-refractivity contribution in [2.75, 3.05) is 13.7 Å². The number of amides is 2. The number of carbonyl (C=O) groups excluding carboxylic acids is 2. The van der Waals surface area contributed by atoms with E-state index in [-0.39, 0.29) is 24.2 Å². The predicted octanol–water partition coefficient (Wildman–Crippen LogP) is 4.32. The molecule has 38 heavy (non-hydrogen) atoms. The minimum Gasteiger partial charge on any atom is -0.455 e. The molecule has 1 atom stereocenters. The monoisotopic (exact) mass is 512 g/mol. The van der Waals surface area contributed by atoms with Gasteiger partial charge >= 0.3 is 0 Å². The molecule has 3 aromatic carbocycles. The summed E-state index contributed by atoms with van der Waals surface area (Å²) in [4.78, 5) is 32.7. The van der Waals surface area contributed by atoms with Gasteiger partial charge < -0.3 is 25.1 Å². The van der Waals surface area contributed by atoms with Crippen LogP contribution in [0, 0.1) is 5.82 Å². The number of aromatic amines is 1. The lowest BCUT2D eigenvalue weighted by Crippen LogP contribution is -2.39. The molecule has 0 saturated carbocycles. The number of hydrogen-bond donors (Lipinski definition) is 4. The molecule has 5 aromatic rings. The van der Waals surface area contributed by atoms with E-state index in [1.165, 1.54) is 19.2 Å². The van der Waals surface area contributed by atoms with Gasteiger partial charge in [-0.1, -0.05) is 18.2 Å². The molecule has 0 aliphatic carbocycles. The predicted molar refractivity (Wildman–Crippen MR) is 141 cm³/mol. The van der Waals surface area contributed by atoms with Crippen molar-refractivity contribution >= 4 is 22.8 Å². The fourth-order valence-electron chi connectivity index (χ4n) is 4.36. The lowest BCUT2D eigenvalue weighted by atomic mass is 9.98. The number of H-pyrrole nitrogens is 1. The summed E-state index contributed by atoms with van der Waals surface area (Å²) in [5.41, 5.74) is 4.20. The number of imidazole rings is 1. The molecule has 8 nitrogen and oxygen atoms in total. The summed E-state index contributed by atoms with van der Waals surface area (Å²) in [6.45, 7) is -0.222. The Morgan fingerprint density at radius 1 is 1.03 bits per heavy atom. The summed E-state index contributed by atoms with van der Waals surface area (Å²) < 4.78 is 19.5. The van der Waals surface area contributed by atoms with Crippen molar-refractivity contribution in [2.45, 2.75) is 12.5 Å². The third-order valence-electron chi connectivity index (χ3n) is 6.28. The van der Waals surface area contributed by atoms with Gasteiger partial charge in [-0.25, -0.2) is 9.37 Å². The van der Waals surface area contributed by atoms with Gasteiger partial charge in [0.1, 0.15) is 17.2 Å². The number of nitrogens with zero attached hydrogens (tertiary/aromatic N) is 1. The summed E-state index contributed by atoms with van der Waals surface area (Å²) in [7, 11) is 1.54. The van der Waals surface area contributed by atoms with Gasteiger partial charge in [-0.2, -0.15) is 0 Å². The first kappa shape index (κ1) is 24.9. The number of nitrogens with one attached hydrogen (secondary N) is 3. The lowest BCUT2D eigenvalue weighted by Gasteiger charge is -2.16. The van der Waals surface area contributed by atoms with Crippen LogP contribution >= 0.6 is 0 Å². The van der Waals surface area contributed by atoms with E-state index in [9.17, 15) is 19.1 Å². The Bertz CT molecular complexity index is 1590. The third-order valence-corrected chi connectivity index (χ3v) is 6.28. The lowest BCUT2D eigenvalue weighted by molar-refractivity contribution is 0.0915. The zero-order chi connectivity index (χ0) is 26.6. The van der Waals surface area contributed by atoms with Crippen LogP contribution in [-0.2, 0) is 6.42 Å². The number of rotatable bonds is 8. The Kier molecular flexibility index (Phi) is 7.01. The van der Waals surface area contributed by atoms with E-state index in [0.717, 1.165) is 16.8 Å². The fourth-order valence-corrected chi connectivity index (χ4v) is 4.36. The molecule has 0 radical (unpaired) electrons. The standard InChI is InChI=1S/C29H25FN4O4/c1-31-29(37)26-24-12-19(7-10-25(24)38-27(26)17-5-8-21(30)9-6-17)18-3-2-4-20(11-18)28(36)34-23(15-35)13-22-14-32-16-33-22/h2-12,14,16,23,35H,13,15H2,1H3,(H,31,37)(H,32,33)(H,34,36)/t23-/m0/s1. The molecule has 4 N–H and O–H groups in total. The molecule has 192 valence electrons. The summed E-state index contributed by atoms with van der Waals surface area (Å²) in [6, 6.07) is 17.8. The van der Waals surface area contributed by atoms with Crippen molar-refractivity contribution < 1.29 is 23.5 Å². The minimum absolute atomic E-state index is 0.222. The fraction of sp³-hybridized carbons (Fsp3) is 0.138. The second kappa shape index (κ2) is 10.7. The summed E-state index contributed by atoms with van der Waals surface area (Å²) in [6.07, 6.45) is 3.61. The van der Waals surface area contributed by atoms with E-state index in [1.54, 1.807) is 48.9 Å². The number of halogens is 1. The van der Waals surface area contributed by atoms with Crippen molar-refractivity contribution in [3.8, 4) is 22.5 Å². The highest BCUT2D eigenvalue weighted by Crippen LogP contribution is 2.36. The van der Waals surface area contributed by atoms with Crippen LogP contribution in [0.1, 0.15) is 26.4 Å². The normalized spacial score (nSPS) is 11.9. The molecule has 0 bridgehead atoms. The molecular weight excluding hydrogens is 487 g/mol. The number of hydrogen-bond acceptors (Lipinski definition) is 5. The number of aromatic nitrogens is 2. The maximum atomic E-state index is 13.5. The van der Waals surface area contributed by atoms with E-state index < -0.39 is 6.04 Å². The highest BCUT2D eigenvalue weighted by atomic mass is 19.1. The molecule has 0 fully saturated rings. The van der Waals surface area contributed by atoms with Crippen molar-refractivity contribution in [2.24, 2.45) is 0 Å². The van der Waals surface area contributed by atoms with Crippen molar-refractivity contribution in [3.05, 3.63) is 102 Å². The van der Waals surface area contributed by atoms with Gasteiger partial charge in [-0.05, 0) is 59.7 Å². The minimum atomic E-state index is -0.478. The van der Waals surface area contributed by atoms with E-state index >= 15 is 0 Å². The van der Waals surface area contributed by atoms with Crippen LogP contribution < -0.4 is 10.6 Å². The molecule has 0 saturated heterocycles. The van der Waals surface area contributed by atoms with Gasteiger partial charge in [0.2, 0.25) is 0 Å². The molecule has 0 aliphatic heterocycles. The van der Waals surface area contributed by atoms with Gasteiger partial charge in [-0.15, -0.1) is 0 Å². The van der Waals surface area contributed by atoms with Crippen LogP contribution in [0.5, 0.6) is 0 Å². The SMILES string of the molecule is CNC(=O)c1c(-c2ccc(F)cc2)oc2ccc(-c3cccc(C(=O)N[C@H](CO)Cc4cnc[nH]4)c3)cc12. The van der Waals surface area contributed by atoms with E-state index in [0.29, 0.717) is 39.8 Å². The quantitative estimate of drug-likeness (QED) is 0.247. The average Bonchev–Trinajstić information content (AvgIpc) is 3.60. The average molecular weight is 513 g/mol. The van der Waals surface area contributed by atoms with Crippen LogP contribution in [-0.4, -0.2) is 46.6 Å². The number of carbonyl (C=O) groups is 2. The number of aliphatic hydroxyl groups is 1. The van der Waals surface area contributed by atoms with E-state index in [1.807, 2.05) is 18.2 Å². The zero-order valence-corrected chi connectivity index (χ0v) is 20.5. The Morgan fingerprint density at radius 3 is 2.50 bits per heavy atom. The topological polar surface area (TPSA) is 120 Å². The van der Waals surface area contributed by atoms with Crippen molar-refractivity contribution in [1.82, 2.24) is 20.6 Å². The number of aliphatic hydroxyl groups excluding tert-OH is 1. The first-order valence-electron chi connectivity index (χ1n) is 12.0. The number of furan rings is 1. The smallest absolute Gasteiger partial charge is 0.255 e. The first-order valence-corrected chi connectivity index (χ1v) is 12.0. The highest BCUT2D eigenvalue weighted by molar-refractivity contribution is 6.11. The largest absolute Gasteiger partial charge is 0.455 e. The highest BCUT2D eigenvalue weighted by Gasteiger charge is 2.22. The summed E-state index contributed by atoms with van der Waals surface area (Å²) >= 11 is 0. The van der Waals surface area contributed by atoms with Gasteiger partial charge in [0.25, 0.3) is 11.8 Å². The maximum absolute atomic E-state index is 13.5. The molecule has 0 spiro atoms. The van der Waals surface area contributed by atoms with Gasteiger partial charge in [0.05, 0.1) is 24.5 Å². The van der Waals surface area contributed by atoms with Crippen molar-refractivity contribution in [3.63, 3.8) is 0 Å². The van der Waals surface area contributed by atoms with Crippen LogP contribution in [0.3, 0.4) is 0 Å². The molecule has 0 unspecified atom stereocenters. The van der Waals surface area contributed by atoms with Crippen LogP contribution in [0.15, 0.2) is 83.7 Å². The van der Waals surface area contributed by atoms with Gasteiger partial charge in [0, 0.05) is 41.9 Å². The third kappa shape index (κ3) is 5.05. The molecular formula is C29H25FN4O4. The van der Waals surface area contributed by atoms with Gasteiger partial charge in [0.15, 0.2) is 0 Å². The van der Waals surface area contributed by atoms with Gasteiger partial charge in [-0.3, -0.25) is 9.59 Å². The molecule has 2 aromatic heterocycles. The number of benzene rings is 3. The van der Waals surface area contributed by atoms with Crippen LogP contribution in [0.25, 0.3) is 33.4 Å². The van der Waals surface area contributed by atoms with Crippen molar-refractivity contribution in [1.29, 1.82) is 0 Å². The second-order valence-corrected chi connectivity index (χ2v) is 8.82. The molecule has 0 aliphatic rings. The Balaban J connectivity index is 1.47. The van der Waals surface area contributed by atoms with E-state index in [2.05, 4.69) is 20.6 Å².